The van der Waals surface area contributed by atoms with Crippen molar-refractivity contribution < 1.29 is 0 Å². The Kier molecular flexibility index (Phi) is 1.61. The zero-order valence-corrected chi connectivity index (χ0v) is 9.17. The van der Waals surface area contributed by atoms with Crippen LogP contribution in [0.1, 0.15) is 19.4 Å². The molecule has 1 heterocycles. The van der Waals surface area contributed by atoms with E-state index in [1.54, 1.807) is 0 Å². The third kappa shape index (κ3) is 1.16. The zero-order valence-electron chi connectivity index (χ0n) is 9.17. The quantitative estimate of drug-likeness (QED) is 0.681. The Morgan fingerprint density at radius 3 is 2.73 bits per heavy atom. The highest BCUT2D eigenvalue weighted by atomic mass is 14.9. The van der Waals surface area contributed by atoms with E-state index < -0.39 is 0 Å². The molecule has 15 heavy (non-hydrogen) atoms. The van der Waals surface area contributed by atoms with Gasteiger partial charge in [0.05, 0.1) is 0 Å². The lowest BCUT2D eigenvalue weighted by Gasteiger charge is -2.17. The highest BCUT2D eigenvalue weighted by Gasteiger charge is 2.30. The SMILES string of the molecule is CC1(C)CNc2c1ccc1ccccc21. The van der Waals surface area contributed by atoms with Gasteiger partial charge in [-0.15, -0.1) is 0 Å². The van der Waals surface area contributed by atoms with E-state index in [0.29, 0.717) is 0 Å². The number of rotatable bonds is 0. The Bertz CT molecular complexity index is 526. The maximum Gasteiger partial charge on any atom is 0.0458 e. The van der Waals surface area contributed by atoms with E-state index in [9.17, 15) is 0 Å². The smallest absolute Gasteiger partial charge is 0.0458 e. The van der Waals surface area contributed by atoms with E-state index in [1.807, 2.05) is 0 Å². The first-order valence-corrected chi connectivity index (χ1v) is 5.45. The average Bonchev–Trinajstić information content (AvgIpc) is 2.55. The lowest BCUT2D eigenvalue weighted by Crippen LogP contribution is -2.18. The Morgan fingerprint density at radius 2 is 1.87 bits per heavy atom. The van der Waals surface area contributed by atoms with Crippen molar-refractivity contribution in [2.24, 2.45) is 0 Å². The Morgan fingerprint density at radius 1 is 1.07 bits per heavy atom. The minimum absolute atomic E-state index is 0.263. The van der Waals surface area contributed by atoms with Crippen LogP contribution in [0.15, 0.2) is 36.4 Å². The average molecular weight is 197 g/mol. The highest BCUT2D eigenvalue weighted by Crippen LogP contribution is 2.40. The summed E-state index contributed by atoms with van der Waals surface area (Å²) in [6.07, 6.45) is 0. The highest BCUT2D eigenvalue weighted by molar-refractivity contribution is 5.97. The Balaban J connectivity index is 2.38. The fourth-order valence-corrected chi connectivity index (χ4v) is 2.43. The number of anilines is 1. The van der Waals surface area contributed by atoms with Crippen molar-refractivity contribution in [1.29, 1.82) is 0 Å². The molecule has 0 unspecified atom stereocenters. The summed E-state index contributed by atoms with van der Waals surface area (Å²) in [5.74, 6) is 0. The second-order valence-corrected chi connectivity index (χ2v) is 4.95. The van der Waals surface area contributed by atoms with Gasteiger partial charge >= 0.3 is 0 Å². The minimum Gasteiger partial charge on any atom is -0.383 e. The number of hydrogen-bond acceptors (Lipinski definition) is 1. The van der Waals surface area contributed by atoms with Crippen LogP contribution in [0, 0.1) is 0 Å². The Hall–Kier alpha value is -1.50. The fourth-order valence-electron chi connectivity index (χ4n) is 2.43. The van der Waals surface area contributed by atoms with Crippen LogP contribution in [0.5, 0.6) is 0 Å². The van der Waals surface area contributed by atoms with E-state index in [1.165, 1.54) is 22.0 Å². The number of fused-ring (bicyclic) bond motifs is 3. The molecule has 0 radical (unpaired) electrons. The molecular formula is C14H15N. The van der Waals surface area contributed by atoms with E-state index in [0.717, 1.165) is 6.54 Å². The van der Waals surface area contributed by atoms with E-state index in [-0.39, 0.29) is 5.41 Å². The first-order chi connectivity index (χ1) is 7.18. The number of hydrogen-bond donors (Lipinski definition) is 1. The summed E-state index contributed by atoms with van der Waals surface area (Å²) in [6, 6.07) is 13.1. The van der Waals surface area contributed by atoms with Crippen molar-refractivity contribution in [3.63, 3.8) is 0 Å². The van der Waals surface area contributed by atoms with Crippen LogP contribution in [0.3, 0.4) is 0 Å². The van der Waals surface area contributed by atoms with Gasteiger partial charge < -0.3 is 5.32 Å². The summed E-state index contributed by atoms with van der Waals surface area (Å²) in [4.78, 5) is 0. The van der Waals surface area contributed by atoms with Crippen molar-refractivity contribution >= 4 is 16.5 Å². The zero-order chi connectivity index (χ0) is 10.5. The molecule has 0 amide bonds. The molecule has 76 valence electrons. The predicted octanol–water partition coefficient (Wildman–Crippen LogP) is 3.54. The summed E-state index contributed by atoms with van der Waals surface area (Å²) >= 11 is 0. The molecule has 1 aliphatic rings. The summed E-state index contributed by atoms with van der Waals surface area (Å²) in [7, 11) is 0. The van der Waals surface area contributed by atoms with Crippen molar-refractivity contribution in [3.8, 4) is 0 Å². The van der Waals surface area contributed by atoms with Gasteiger partial charge in [-0.25, -0.2) is 0 Å². The molecule has 2 aromatic carbocycles. The molecule has 0 saturated carbocycles. The van der Waals surface area contributed by atoms with Gasteiger partial charge in [-0.05, 0) is 10.9 Å². The third-order valence-corrected chi connectivity index (χ3v) is 3.37. The molecule has 2 aromatic rings. The standard InChI is InChI=1S/C14H15N/c1-14(2)9-15-13-11-6-4-3-5-10(11)7-8-12(13)14/h3-8,15H,9H2,1-2H3. The maximum absolute atomic E-state index is 3.53. The van der Waals surface area contributed by atoms with Crippen LogP contribution in [0.25, 0.3) is 10.8 Å². The molecule has 0 bridgehead atoms. The Labute approximate surface area is 90.1 Å². The first-order valence-electron chi connectivity index (χ1n) is 5.45. The van der Waals surface area contributed by atoms with Crippen molar-refractivity contribution in [2.45, 2.75) is 19.3 Å². The number of benzene rings is 2. The molecular weight excluding hydrogens is 182 g/mol. The maximum atomic E-state index is 3.53. The second kappa shape index (κ2) is 2.75. The van der Waals surface area contributed by atoms with Crippen LogP contribution in [0.4, 0.5) is 5.69 Å². The lowest BCUT2D eigenvalue weighted by atomic mass is 9.86. The van der Waals surface area contributed by atoms with E-state index >= 15 is 0 Å². The fraction of sp³-hybridized carbons (Fsp3) is 0.286. The predicted molar refractivity (Wildman–Crippen MR) is 65.5 cm³/mol. The summed E-state index contributed by atoms with van der Waals surface area (Å²) in [5, 5.41) is 6.20. The third-order valence-electron chi connectivity index (χ3n) is 3.37. The summed E-state index contributed by atoms with van der Waals surface area (Å²) in [6.45, 7) is 5.62. The molecule has 1 nitrogen and oxygen atoms in total. The normalized spacial score (nSPS) is 17.5. The molecule has 0 spiro atoms. The van der Waals surface area contributed by atoms with E-state index in [2.05, 4.69) is 55.6 Å². The molecule has 1 aliphatic heterocycles. The van der Waals surface area contributed by atoms with Gasteiger partial charge in [0.15, 0.2) is 0 Å². The van der Waals surface area contributed by atoms with Gasteiger partial charge in [-0.3, -0.25) is 0 Å². The van der Waals surface area contributed by atoms with Gasteiger partial charge in [0, 0.05) is 23.0 Å². The number of nitrogens with one attached hydrogen (secondary N) is 1. The van der Waals surface area contributed by atoms with Crippen LogP contribution in [-0.4, -0.2) is 6.54 Å². The first kappa shape index (κ1) is 8.78. The van der Waals surface area contributed by atoms with Crippen molar-refractivity contribution in [3.05, 3.63) is 42.0 Å². The molecule has 1 heteroatoms. The van der Waals surface area contributed by atoms with Crippen molar-refractivity contribution in [1.82, 2.24) is 0 Å². The second-order valence-electron chi connectivity index (χ2n) is 4.95. The van der Waals surface area contributed by atoms with Gasteiger partial charge in [0.25, 0.3) is 0 Å². The lowest BCUT2D eigenvalue weighted by molar-refractivity contribution is 0.586. The van der Waals surface area contributed by atoms with Gasteiger partial charge in [0.1, 0.15) is 0 Å². The molecule has 0 aliphatic carbocycles. The van der Waals surface area contributed by atoms with Crippen molar-refractivity contribution in [2.75, 3.05) is 11.9 Å². The van der Waals surface area contributed by atoms with Gasteiger partial charge in [-0.2, -0.15) is 0 Å². The van der Waals surface area contributed by atoms with E-state index in [4.69, 9.17) is 0 Å². The molecule has 0 fully saturated rings. The van der Waals surface area contributed by atoms with Crippen LogP contribution in [0.2, 0.25) is 0 Å². The van der Waals surface area contributed by atoms with Crippen LogP contribution in [-0.2, 0) is 5.41 Å². The minimum atomic E-state index is 0.263. The molecule has 0 aromatic heterocycles. The monoisotopic (exact) mass is 197 g/mol. The molecule has 0 saturated heterocycles. The summed E-state index contributed by atoms with van der Waals surface area (Å²) in [5.41, 5.74) is 3.04. The van der Waals surface area contributed by atoms with Gasteiger partial charge in [0.2, 0.25) is 0 Å². The van der Waals surface area contributed by atoms with Crippen LogP contribution >= 0.6 is 0 Å². The van der Waals surface area contributed by atoms with Gasteiger partial charge in [-0.1, -0.05) is 50.2 Å². The molecule has 3 rings (SSSR count). The largest absolute Gasteiger partial charge is 0.383 e. The molecule has 0 atom stereocenters. The van der Waals surface area contributed by atoms with Crippen LogP contribution < -0.4 is 5.32 Å². The molecule has 1 N–H and O–H groups in total. The topological polar surface area (TPSA) is 12.0 Å². The summed E-state index contributed by atoms with van der Waals surface area (Å²) < 4.78 is 0.